The molecule has 0 atom stereocenters. The Kier molecular flexibility index (Phi) is 5.14. The minimum absolute atomic E-state index is 0.112. The number of nitrogens with zero attached hydrogens (tertiary/aromatic N) is 4. The van der Waals surface area contributed by atoms with Crippen molar-refractivity contribution in [1.82, 2.24) is 19.5 Å². The summed E-state index contributed by atoms with van der Waals surface area (Å²) < 4.78 is 17.7. The van der Waals surface area contributed by atoms with Crippen LogP contribution in [-0.2, 0) is 0 Å². The summed E-state index contributed by atoms with van der Waals surface area (Å²) in [7, 11) is 3.11. The lowest BCUT2D eigenvalue weighted by Crippen LogP contribution is -1.97. The van der Waals surface area contributed by atoms with Crippen LogP contribution in [0.4, 0.5) is 0 Å². The van der Waals surface area contributed by atoms with Crippen LogP contribution in [0.5, 0.6) is 23.4 Å². The highest BCUT2D eigenvalue weighted by atomic mass is 16.5. The highest BCUT2D eigenvalue weighted by molar-refractivity contribution is 5.90. The molecule has 1 N–H and O–H groups in total. The Morgan fingerprint density at radius 1 is 1.10 bits per heavy atom. The summed E-state index contributed by atoms with van der Waals surface area (Å²) in [5.74, 6) is 1.54. The third-order valence-corrected chi connectivity index (χ3v) is 4.76. The highest BCUT2D eigenvalue weighted by Gasteiger charge is 2.17. The van der Waals surface area contributed by atoms with Crippen molar-refractivity contribution in [3.8, 4) is 40.3 Å². The Balaban J connectivity index is 1.83. The van der Waals surface area contributed by atoms with Crippen LogP contribution in [0.25, 0.3) is 27.8 Å². The first kappa shape index (κ1) is 19.5. The maximum absolute atomic E-state index is 10.9. The predicted molar refractivity (Wildman–Crippen MR) is 113 cm³/mol. The SMILES string of the molecule is CCOc1cc(-n2cc3nc(-c4cnc(OC)c(OC)c4)cc(C)c3c2O)ccn1. The zero-order valence-electron chi connectivity index (χ0n) is 17.2. The van der Waals surface area contributed by atoms with E-state index in [0.717, 1.165) is 22.5 Å². The first-order chi connectivity index (χ1) is 14.5. The quantitative estimate of drug-likeness (QED) is 0.519. The van der Waals surface area contributed by atoms with Crippen LogP contribution in [0, 0.1) is 6.92 Å². The van der Waals surface area contributed by atoms with Gasteiger partial charge in [-0.15, -0.1) is 0 Å². The molecule has 0 bridgehead atoms. The number of ether oxygens (including phenoxy) is 3. The average molecular weight is 406 g/mol. The summed E-state index contributed by atoms with van der Waals surface area (Å²) in [6, 6.07) is 7.31. The van der Waals surface area contributed by atoms with Gasteiger partial charge < -0.3 is 19.3 Å². The topological polar surface area (TPSA) is 91.5 Å². The largest absolute Gasteiger partial charge is 0.494 e. The molecule has 0 fully saturated rings. The van der Waals surface area contributed by atoms with Crippen molar-refractivity contribution in [2.24, 2.45) is 0 Å². The Morgan fingerprint density at radius 2 is 1.93 bits per heavy atom. The number of aromatic nitrogens is 4. The number of fused-ring (bicyclic) bond motifs is 1. The molecule has 0 aliphatic heterocycles. The Morgan fingerprint density at radius 3 is 2.67 bits per heavy atom. The second-order valence-corrected chi connectivity index (χ2v) is 6.63. The van der Waals surface area contributed by atoms with Crippen molar-refractivity contribution < 1.29 is 19.3 Å². The van der Waals surface area contributed by atoms with Crippen LogP contribution < -0.4 is 14.2 Å². The molecule has 0 radical (unpaired) electrons. The minimum atomic E-state index is 0.112. The van der Waals surface area contributed by atoms with Gasteiger partial charge in [-0.2, -0.15) is 0 Å². The average Bonchev–Trinajstić information content (AvgIpc) is 3.10. The fourth-order valence-electron chi connectivity index (χ4n) is 3.38. The van der Waals surface area contributed by atoms with Crippen molar-refractivity contribution in [1.29, 1.82) is 0 Å². The molecule has 0 saturated carbocycles. The summed E-state index contributed by atoms with van der Waals surface area (Å²) in [5, 5.41) is 11.6. The molecule has 0 saturated heterocycles. The van der Waals surface area contributed by atoms with E-state index >= 15 is 0 Å². The molecule has 30 heavy (non-hydrogen) atoms. The number of aromatic hydroxyl groups is 1. The van der Waals surface area contributed by atoms with Crippen LogP contribution in [0.2, 0.25) is 0 Å². The molecule has 4 heterocycles. The zero-order valence-corrected chi connectivity index (χ0v) is 17.2. The fourth-order valence-corrected chi connectivity index (χ4v) is 3.38. The van der Waals surface area contributed by atoms with Crippen molar-refractivity contribution in [2.45, 2.75) is 13.8 Å². The Bertz CT molecular complexity index is 1220. The van der Waals surface area contributed by atoms with Gasteiger partial charge in [0.05, 0.1) is 43.1 Å². The number of rotatable bonds is 6. The van der Waals surface area contributed by atoms with Crippen LogP contribution in [0.1, 0.15) is 12.5 Å². The molecule has 4 aromatic heterocycles. The van der Waals surface area contributed by atoms with Gasteiger partial charge in [0.1, 0.15) is 0 Å². The summed E-state index contributed by atoms with van der Waals surface area (Å²) in [6.07, 6.45) is 5.12. The van der Waals surface area contributed by atoms with Crippen molar-refractivity contribution in [3.05, 3.63) is 48.4 Å². The summed E-state index contributed by atoms with van der Waals surface area (Å²) in [4.78, 5) is 13.2. The lowest BCUT2D eigenvalue weighted by Gasteiger charge is -2.09. The first-order valence-electron chi connectivity index (χ1n) is 9.45. The van der Waals surface area contributed by atoms with E-state index in [0.29, 0.717) is 35.0 Å². The van der Waals surface area contributed by atoms with E-state index in [1.54, 1.807) is 49.5 Å². The minimum Gasteiger partial charge on any atom is -0.494 e. The molecule has 154 valence electrons. The van der Waals surface area contributed by atoms with E-state index in [1.165, 1.54) is 0 Å². The molecule has 0 unspecified atom stereocenters. The van der Waals surface area contributed by atoms with Gasteiger partial charge >= 0.3 is 0 Å². The van der Waals surface area contributed by atoms with E-state index in [2.05, 4.69) is 9.97 Å². The summed E-state index contributed by atoms with van der Waals surface area (Å²) in [5.41, 5.74) is 3.78. The van der Waals surface area contributed by atoms with Gasteiger partial charge in [-0.1, -0.05) is 0 Å². The number of aryl methyl sites for hydroxylation is 1. The van der Waals surface area contributed by atoms with Crippen LogP contribution in [0.3, 0.4) is 0 Å². The Labute approximate surface area is 173 Å². The number of hydrogen-bond acceptors (Lipinski definition) is 7. The van der Waals surface area contributed by atoms with Crippen molar-refractivity contribution >= 4 is 10.9 Å². The summed E-state index contributed by atoms with van der Waals surface area (Å²) >= 11 is 0. The van der Waals surface area contributed by atoms with Crippen LogP contribution in [-0.4, -0.2) is 45.5 Å². The first-order valence-corrected chi connectivity index (χ1v) is 9.45. The van der Waals surface area contributed by atoms with Crippen LogP contribution in [0.15, 0.2) is 42.9 Å². The van der Waals surface area contributed by atoms with Gasteiger partial charge in [-0.25, -0.2) is 15.0 Å². The molecule has 0 aliphatic carbocycles. The molecule has 8 nitrogen and oxygen atoms in total. The van der Waals surface area contributed by atoms with E-state index in [9.17, 15) is 5.11 Å². The van der Waals surface area contributed by atoms with E-state index in [4.69, 9.17) is 19.2 Å². The van der Waals surface area contributed by atoms with Gasteiger partial charge in [-0.05, 0) is 37.6 Å². The molecule has 0 amide bonds. The van der Waals surface area contributed by atoms with Crippen molar-refractivity contribution in [2.75, 3.05) is 20.8 Å². The maximum Gasteiger partial charge on any atom is 0.256 e. The van der Waals surface area contributed by atoms with E-state index < -0.39 is 0 Å². The van der Waals surface area contributed by atoms with Gasteiger partial charge in [-0.3, -0.25) is 4.57 Å². The number of pyridine rings is 3. The third-order valence-electron chi connectivity index (χ3n) is 4.76. The van der Waals surface area contributed by atoms with Crippen LogP contribution >= 0.6 is 0 Å². The molecular formula is C22H22N4O4. The predicted octanol–water partition coefficient (Wildman–Crippen LogP) is 3.91. The lowest BCUT2D eigenvalue weighted by atomic mass is 10.1. The smallest absolute Gasteiger partial charge is 0.256 e. The molecular weight excluding hydrogens is 384 g/mol. The zero-order chi connectivity index (χ0) is 21.3. The standard InChI is InChI=1S/C22H22N4O4/c1-5-30-19-10-15(6-7-23-19)26-12-17-20(22(26)27)13(2)8-16(25-17)14-9-18(28-3)21(29-4)24-11-14/h6-12,27H,5H2,1-4H3. The Hall–Kier alpha value is -3.81. The van der Waals surface area contributed by atoms with Gasteiger partial charge in [0.25, 0.3) is 5.88 Å². The third kappa shape index (κ3) is 3.36. The maximum atomic E-state index is 10.9. The van der Waals surface area contributed by atoms with Gasteiger partial charge in [0, 0.05) is 30.2 Å². The second kappa shape index (κ2) is 7.90. The normalized spacial score (nSPS) is 10.9. The summed E-state index contributed by atoms with van der Waals surface area (Å²) in [6.45, 7) is 4.34. The molecule has 8 heteroatoms. The van der Waals surface area contributed by atoms with Gasteiger partial charge in [0.15, 0.2) is 5.75 Å². The van der Waals surface area contributed by atoms with E-state index in [1.807, 2.05) is 26.0 Å². The number of methoxy groups -OCH3 is 2. The fraction of sp³-hybridized carbons (Fsp3) is 0.227. The highest BCUT2D eigenvalue weighted by Crippen LogP contribution is 2.35. The molecule has 0 spiro atoms. The monoisotopic (exact) mass is 406 g/mol. The molecule has 4 rings (SSSR count). The molecule has 4 aromatic rings. The van der Waals surface area contributed by atoms with Gasteiger partial charge in [0.2, 0.25) is 11.8 Å². The van der Waals surface area contributed by atoms with Crippen molar-refractivity contribution in [3.63, 3.8) is 0 Å². The van der Waals surface area contributed by atoms with E-state index in [-0.39, 0.29) is 5.88 Å². The second-order valence-electron chi connectivity index (χ2n) is 6.63. The number of hydrogen-bond donors (Lipinski definition) is 1. The molecule has 0 aliphatic rings. The lowest BCUT2D eigenvalue weighted by molar-refractivity contribution is 0.326. The molecule has 0 aromatic carbocycles.